The maximum Gasteiger partial charge on any atom is 0.0564 e. The number of allylic oxidation sites excluding steroid dienone is 1. The van der Waals surface area contributed by atoms with E-state index in [1.807, 2.05) is 19.4 Å². The maximum absolute atomic E-state index is 4.08. The quantitative estimate of drug-likeness (QED) is 0.631. The number of hydrogen-bond donors (Lipinski definition) is 0. The molecule has 0 aliphatic rings. The lowest BCUT2D eigenvalue weighted by Gasteiger charge is -2.04. The molecule has 2 nitrogen and oxygen atoms in total. The van der Waals surface area contributed by atoms with E-state index in [1.165, 1.54) is 0 Å². The number of aryl methyl sites for hydroxylation is 1. The van der Waals surface area contributed by atoms with Gasteiger partial charge in [0.1, 0.15) is 0 Å². The van der Waals surface area contributed by atoms with Crippen LogP contribution in [0.15, 0.2) is 19.0 Å². The summed E-state index contributed by atoms with van der Waals surface area (Å²) in [6, 6.07) is 0. The molecular formula is C9H14N2. The fourth-order valence-corrected chi connectivity index (χ4v) is 0.920. The van der Waals surface area contributed by atoms with Crippen molar-refractivity contribution < 1.29 is 0 Å². The van der Waals surface area contributed by atoms with Crippen LogP contribution in [0.3, 0.4) is 0 Å². The van der Waals surface area contributed by atoms with Crippen molar-refractivity contribution in [1.82, 2.24) is 9.78 Å². The molecule has 0 atom stereocenters. The molecule has 0 amide bonds. The van der Waals surface area contributed by atoms with Gasteiger partial charge in [-0.05, 0) is 11.5 Å². The zero-order valence-electron chi connectivity index (χ0n) is 7.33. The Balaban J connectivity index is 2.85. The highest BCUT2D eigenvalue weighted by Gasteiger charge is 2.04. The lowest BCUT2D eigenvalue weighted by atomic mass is 10.0. The monoisotopic (exact) mass is 150 g/mol. The Labute approximate surface area is 67.5 Å². The first-order valence-corrected chi connectivity index (χ1v) is 3.79. The smallest absolute Gasteiger partial charge is 0.0564 e. The minimum atomic E-state index is 0.499. The highest BCUT2D eigenvalue weighted by Crippen LogP contribution is 2.19. The van der Waals surface area contributed by atoms with Crippen LogP contribution in [0.2, 0.25) is 0 Å². The van der Waals surface area contributed by atoms with Gasteiger partial charge in [-0.3, -0.25) is 4.68 Å². The van der Waals surface area contributed by atoms with Crippen LogP contribution in [0.1, 0.15) is 19.4 Å². The first-order chi connectivity index (χ1) is 5.11. The molecule has 0 aromatic carbocycles. The van der Waals surface area contributed by atoms with Crippen molar-refractivity contribution in [3.63, 3.8) is 0 Å². The van der Waals surface area contributed by atoms with Crippen LogP contribution < -0.4 is 0 Å². The van der Waals surface area contributed by atoms with Gasteiger partial charge in [0.25, 0.3) is 0 Å². The molecule has 0 aliphatic heterocycles. The molecule has 0 saturated heterocycles. The Bertz CT molecular complexity index is 258. The average Bonchev–Trinajstić information content (AvgIpc) is 2.34. The van der Waals surface area contributed by atoms with Crippen LogP contribution in [0.5, 0.6) is 0 Å². The van der Waals surface area contributed by atoms with Crippen LogP contribution in [0.4, 0.5) is 0 Å². The summed E-state index contributed by atoms with van der Waals surface area (Å²) in [4.78, 5) is 0. The van der Waals surface area contributed by atoms with Crippen molar-refractivity contribution in [1.29, 1.82) is 0 Å². The van der Waals surface area contributed by atoms with Gasteiger partial charge < -0.3 is 0 Å². The summed E-state index contributed by atoms with van der Waals surface area (Å²) in [5.74, 6) is 0.499. The normalized spacial score (nSPS) is 10.5. The van der Waals surface area contributed by atoms with E-state index in [-0.39, 0.29) is 0 Å². The lowest BCUT2D eigenvalue weighted by Crippen LogP contribution is -1.90. The van der Waals surface area contributed by atoms with Gasteiger partial charge in [-0.25, -0.2) is 0 Å². The van der Waals surface area contributed by atoms with Crippen molar-refractivity contribution in [3.8, 4) is 0 Å². The highest BCUT2D eigenvalue weighted by atomic mass is 15.2. The third kappa shape index (κ3) is 1.70. The van der Waals surface area contributed by atoms with Gasteiger partial charge in [0.15, 0.2) is 0 Å². The highest BCUT2D eigenvalue weighted by molar-refractivity contribution is 5.63. The third-order valence-electron chi connectivity index (χ3n) is 1.77. The van der Waals surface area contributed by atoms with Crippen molar-refractivity contribution in [2.45, 2.75) is 13.8 Å². The standard InChI is InChI=1S/C9H14N2/c1-7(2)8(3)9-5-10-11(4)6-9/h5-7H,3H2,1-2,4H3. The molecule has 0 saturated carbocycles. The summed E-state index contributed by atoms with van der Waals surface area (Å²) in [5, 5.41) is 4.08. The first kappa shape index (κ1) is 8.05. The van der Waals surface area contributed by atoms with Crippen LogP contribution >= 0.6 is 0 Å². The Morgan fingerprint density at radius 2 is 2.27 bits per heavy atom. The van der Waals surface area contributed by atoms with Gasteiger partial charge in [-0.15, -0.1) is 0 Å². The fraction of sp³-hybridized carbons (Fsp3) is 0.444. The van der Waals surface area contributed by atoms with Gasteiger partial charge in [-0.1, -0.05) is 20.4 Å². The summed E-state index contributed by atoms with van der Waals surface area (Å²) < 4.78 is 1.79. The molecule has 60 valence electrons. The average molecular weight is 150 g/mol. The summed E-state index contributed by atoms with van der Waals surface area (Å²) in [5.41, 5.74) is 2.29. The van der Waals surface area contributed by atoms with Crippen molar-refractivity contribution >= 4 is 5.57 Å². The molecule has 0 N–H and O–H groups in total. The molecule has 1 aromatic rings. The zero-order valence-corrected chi connectivity index (χ0v) is 7.33. The maximum atomic E-state index is 4.08. The van der Waals surface area contributed by atoms with Crippen LogP contribution in [0, 0.1) is 5.92 Å². The van der Waals surface area contributed by atoms with E-state index in [9.17, 15) is 0 Å². The van der Waals surface area contributed by atoms with Crippen molar-refractivity contribution in [2.75, 3.05) is 0 Å². The summed E-state index contributed by atoms with van der Waals surface area (Å²) in [6.45, 7) is 8.25. The number of hydrogen-bond acceptors (Lipinski definition) is 1. The molecule has 1 rings (SSSR count). The molecule has 2 heteroatoms. The van der Waals surface area contributed by atoms with Crippen LogP contribution in [-0.2, 0) is 7.05 Å². The Morgan fingerprint density at radius 3 is 2.64 bits per heavy atom. The summed E-state index contributed by atoms with van der Waals surface area (Å²) in [7, 11) is 1.91. The molecule has 0 aliphatic carbocycles. The molecular weight excluding hydrogens is 136 g/mol. The molecule has 1 heterocycles. The van der Waals surface area contributed by atoms with Gasteiger partial charge in [0.2, 0.25) is 0 Å². The van der Waals surface area contributed by atoms with E-state index in [4.69, 9.17) is 0 Å². The SMILES string of the molecule is C=C(c1cnn(C)c1)C(C)C. The fourth-order valence-electron chi connectivity index (χ4n) is 0.920. The first-order valence-electron chi connectivity index (χ1n) is 3.79. The van der Waals surface area contributed by atoms with E-state index >= 15 is 0 Å². The van der Waals surface area contributed by atoms with Gasteiger partial charge in [0.05, 0.1) is 6.20 Å². The number of rotatable bonds is 2. The van der Waals surface area contributed by atoms with Gasteiger partial charge >= 0.3 is 0 Å². The third-order valence-corrected chi connectivity index (χ3v) is 1.77. The second kappa shape index (κ2) is 2.91. The molecule has 11 heavy (non-hydrogen) atoms. The predicted molar refractivity (Wildman–Crippen MR) is 47.1 cm³/mol. The summed E-state index contributed by atoms with van der Waals surface area (Å²) in [6.07, 6.45) is 3.84. The van der Waals surface area contributed by atoms with Crippen LogP contribution in [0.25, 0.3) is 5.57 Å². The second-order valence-corrected chi connectivity index (χ2v) is 3.08. The Hall–Kier alpha value is -1.05. The van der Waals surface area contributed by atoms with E-state index in [0.717, 1.165) is 11.1 Å². The number of aromatic nitrogens is 2. The van der Waals surface area contributed by atoms with Gasteiger partial charge in [-0.2, -0.15) is 5.10 Å². The predicted octanol–water partition coefficient (Wildman–Crippen LogP) is 2.09. The lowest BCUT2D eigenvalue weighted by molar-refractivity contribution is 0.767. The minimum absolute atomic E-state index is 0.499. The Kier molecular flexibility index (Phi) is 2.13. The largest absolute Gasteiger partial charge is 0.275 e. The molecule has 0 fully saturated rings. The van der Waals surface area contributed by atoms with E-state index in [1.54, 1.807) is 4.68 Å². The number of nitrogens with zero attached hydrogens (tertiary/aromatic N) is 2. The van der Waals surface area contributed by atoms with Gasteiger partial charge in [0, 0.05) is 18.8 Å². The van der Waals surface area contributed by atoms with Crippen molar-refractivity contribution in [2.24, 2.45) is 13.0 Å². The molecule has 0 radical (unpaired) electrons. The van der Waals surface area contributed by atoms with Crippen molar-refractivity contribution in [3.05, 3.63) is 24.5 Å². The van der Waals surface area contributed by atoms with E-state index in [0.29, 0.717) is 5.92 Å². The van der Waals surface area contributed by atoms with Crippen LogP contribution in [-0.4, -0.2) is 9.78 Å². The minimum Gasteiger partial charge on any atom is -0.275 e. The summed E-state index contributed by atoms with van der Waals surface area (Å²) >= 11 is 0. The molecule has 1 aromatic heterocycles. The molecule has 0 unspecified atom stereocenters. The second-order valence-electron chi connectivity index (χ2n) is 3.08. The molecule has 0 bridgehead atoms. The topological polar surface area (TPSA) is 17.8 Å². The van der Waals surface area contributed by atoms with E-state index in [2.05, 4.69) is 25.5 Å². The zero-order chi connectivity index (χ0) is 8.43. The van der Waals surface area contributed by atoms with E-state index < -0.39 is 0 Å². The Morgan fingerprint density at radius 1 is 1.64 bits per heavy atom. The molecule has 0 spiro atoms.